The van der Waals surface area contributed by atoms with E-state index in [9.17, 15) is 4.39 Å². The molecular weight excluding hydrogens is 283 g/mol. The molecule has 0 amide bonds. The topological polar surface area (TPSA) is 24.9 Å². The minimum atomic E-state index is -0.386. The van der Waals surface area contributed by atoms with Crippen LogP contribution in [0.4, 0.5) is 15.2 Å². The number of hydrogen-bond acceptors (Lipinski definition) is 3. The summed E-state index contributed by atoms with van der Waals surface area (Å²) in [5.41, 5.74) is 2.45. The van der Waals surface area contributed by atoms with Gasteiger partial charge < -0.3 is 5.32 Å². The molecule has 0 bridgehead atoms. The van der Waals surface area contributed by atoms with Crippen molar-refractivity contribution in [3.05, 3.63) is 52.8 Å². The van der Waals surface area contributed by atoms with Gasteiger partial charge in [-0.1, -0.05) is 29.0 Å². The van der Waals surface area contributed by atoms with E-state index in [0.717, 1.165) is 15.8 Å². The van der Waals surface area contributed by atoms with Gasteiger partial charge in [0.05, 0.1) is 15.9 Å². The van der Waals surface area contributed by atoms with Crippen molar-refractivity contribution in [1.29, 1.82) is 0 Å². The normalized spacial score (nSPS) is 10.9. The van der Waals surface area contributed by atoms with Gasteiger partial charge in [0.15, 0.2) is 5.13 Å². The van der Waals surface area contributed by atoms with Crippen LogP contribution in [0, 0.1) is 12.7 Å². The zero-order chi connectivity index (χ0) is 13.4. The van der Waals surface area contributed by atoms with Gasteiger partial charge in [-0.2, -0.15) is 0 Å². The molecule has 0 aliphatic rings. The molecule has 1 heterocycles. The quantitative estimate of drug-likeness (QED) is 0.707. The Bertz CT molecular complexity index is 754. The second-order valence-electron chi connectivity index (χ2n) is 4.24. The molecule has 0 saturated heterocycles. The molecule has 0 unspecified atom stereocenters. The minimum Gasteiger partial charge on any atom is -0.329 e. The van der Waals surface area contributed by atoms with Crippen molar-refractivity contribution in [2.45, 2.75) is 6.92 Å². The number of nitrogens with one attached hydrogen (secondary N) is 1. The van der Waals surface area contributed by atoms with E-state index in [1.54, 1.807) is 12.1 Å². The molecule has 0 fully saturated rings. The molecule has 5 heteroatoms. The zero-order valence-corrected chi connectivity index (χ0v) is 11.6. The smallest absolute Gasteiger partial charge is 0.188 e. The van der Waals surface area contributed by atoms with Crippen LogP contribution in [0.2, 0.25) is 5.02 Å². The van der Waals surface area contributed by atoms with Gasteiger partial charge in [0.25, 0.3) is 0 Å². The Morgan fingerprint density at radius 2 is 2.05 bits per heavy atom. The summed E-state index contributed by atoms with van der Waals surface area (Å²) in [5, 5.41) is 4.03. The summed E-state index contributed by atoms with van der Waals surface area (Å²) < 4.78 is 14.8. The molecule has 3 rings (SSSR count). The van der Waals surface area contributed by atoms with Crippen LogP contribution in [0.25, 0.3) is 10.2 Å². The van der Waals surface area contributed by atoms with E-state index < -0.39 is 0 Å². The van der Waals surface area contributed by atoms with Crippen LogP contribution in [0.5, 0.6) is 0 Å². The van der Waals surface area contributed by atoms with E-state index in [-0.39, 0.29) is 5.82 Å². The fourth-order valence-corrected chi connectivity index (χ4v) is 2.81. The van der Waals surface area contributed by atoms with Crippen LogP contribution in [-0.4, -0.2) is 4.98 Å². The lowest BCUT2D eigenvalue weighted by molar-refractivity contribution is 0.632. The van der Waals surface area contributed by atoms with E-state index in [1.807, 2.05) is 25.1 Å². The number of hydrogen-bond donors (Lipinski definition) is 1. The molecule has 0 spiro atoms. The maximum atomic E-state index is 13.7. The van der Waals surface area contributed by atoms with Crippen molar-refractivity contribution < 1.29 is 4.39 Å². The molecule has 2 nitrogen and oxygen atoms in total. The number of aryl methyl sites for hydroxylation is 1. The molecule has 2 aromatic carbocycles. The Morgan fingerprint density at radius 3 is 2.84 bits per heavy atom. The molecule has 96 valence electrons. The van der Waals surface area contributed by atoms with Crippen molar-refractivity contribution in [2.75, 3.05) is 5.32 Å². The maximum absolute atomic E-state index is 13.7. The number of benzene rings is 2. The SMILES string of the molecule is Cc1ccc2sc(Nc3ccc(Cl)cc3F)nc2c1. The Labute approximate surface area is 118 Å². The lowest BCUT2D eigenvalue weighted by Crippen LogP contribution is -1.92. The van der Waals surface area contributed by atoms with Crippen LogP contribution in [0.15, 0.2) is 36.4 Å². The number of halogens is 2. The average molecular weight is 293 g/mol. The van der Waals surface area contributed by atoms with Crippen LogP contribution >= 0.6 is 22.9 Å². The summed E-state index contributed by atoms with van der Waals surface area (Å²) in [5.74, 6) is -0.386. The average Bonchev–Trinajstić information content (AvgIpc) is 2.74. The lowest BCUT2D eigenvalue weighted by Gasteiger charge is -2.03. The second-order valence-corrected chi connectivity index (χ2v) is 5.71. The third-order valence-electron chi connectivity index (χ3n) is 2.72. The van der Waals surface area contributed by atoms with Crippen molar-refractivity contribution in [1.82, 2.24) is 4.98 Å². The molecule has 0 atom stereocenters. The number of thiazole rings is 1. The Hall–Kier alpha value is -1.65. The minimum absolute atomic E-state index is 0.375. The second kappa shape index (κ2) is 4.79. The first-order chi connectivity index (χ1) is 9.11. The first-order valence-corrected chi connectivity index (χ1v) is 6.90. The number of rotatable bonds is 2. The fraction of sp³-hybridized carbons (Fsp3) is 0.0714. The van der Waals surface area contributed by atoms with Crippen molar-refractivity contribution in [3.8, 4) is 0 Å². The van der Waals surface area contributed by atoms with Crippen molar-refractivity contribution in [3.63, 3.8) is 0 Å². The monoisotopic (exact) mass is 292 g/mol. The van der Waals surface area contributed by atoms with Crippen molar-refractivity contribution in [2.24, 2.45) is 0 Å². The third-order valence-corrected chi connectivity index (χ3v) is 3.90. The summed E-state index contributed by atoms with van der Waals surface area (Å²) in [6.07, 6.45) is 0. The Balaban J connectivity index is 1.96. The summed E-state index contributed by atoms with van der Waals surface area (Å²) in [6, 6.07) is 10.6. The number of anilines is 2. The molecular formula is C14H10ClFN2S. The Morgan fingerprint density at radius 1 is 1.21 bits per heavy atom. The summed E-state index contributed by atoms with van der Waals surface area (Å²) in [7, 11) is 0. The predicted octanol–water partition coefficient (Wildman–Crippen LogP) is 5.14. The molecule has 1 N–H and O–H groups in total. The van der Waals surface area contributed by atoms with Crippen LogP contribution in [-0.2, 0) is 0 Å². The van der Waals surface area contributed by atoms with E-state index in [2.05, 4.69) is 10.3 Å². The fourth-order valence-electron chi connectivity index (χ4n) is 1.80. The molecule has 0 aliphatic carbocycles. The van der Waals surface area contributed by atoms with Gasteiger partial charge in [0.2, 0.25) is 0 Å². The standard InChI is InChI=1S/C14H10ClFN2S/c1-8-2-5-13-12(6-8)18-14(19-13)17-11-4-3-9(15)7-10(11)16/h2-7H,1H3,(H,17,18). The van der Waals surface area contributed by atoms with Gasteiger partial charge >= 0.3 is 0 Å². The molecule has 1 aromatic heterocycles. The van der Waals surface area contributed by atoms with Gasteiger partial charge in [-0.25, -0.2) is 9.37 Å². The molecule has 19 heavy (non-hydrogen) atoms. The van der Waals surface area contributed by atoms with Crippen LogP contribution < -0.4 is 5.32 Å². The summed E-state index contributed by atoms with van der Waals surface area (Å²) in [4.78, 5) is 4.44. The molecule has 0 saturated carbocycles. The van der Waals surface area contributed by atoms with E-state index in [0.29, 0.717) is 15.8 Å². The molecule has 3 aromatic rings. The first-order valence-electron chi connectivity index (χ1n) is 5.71. The highest BCUT2D eigenvalue weighted by molar-refractivity contribution is 7.22. The van der Waals surface area contributed by atoms with Gasteiger partial charge in [-0.15, -0.1) is 0 Å². The third kappa shape index (κ3) is 2.55. The highest BCUT2D eigenvalue weighted by Crippen LogP contribution is 2.30. The van der Waals surface area contributed by atoms with Gasteiger partial charge in [-0.3, -0.25) is 0 Å². The van der Waals surface area contributed by atoms with Crippen LogP contribution in [0.3, 0.4) is 0 Å². The maximum Gasteiger partial charge on any atom is 0.188 e. The highest BCUT2D eigenvalue weighted by Gasteiger charge is 2.07. The van der Waals surface area contributed by atoms with E-state index >= 15 is 0 Å². The first kappa shape index (κ1) is 12.4. The van der Waals surface area contributed by atoms with Gasteiger partial charge in [-0.05, 0) is 42.8 Å². The summed E-state index contributed by atoms with van der Waals surface area (Å²) in [6.45, 7) is 2.02. The van der Waals surface area contributed by atoms with E-state index in [1.165, 1.54) is 17.4 Å². The van der Waals surface area contributed by atoms with Gasteiger partial charge in [0, 0.05) is 5.02 Å². The van der Waals surface area contributed by atoms with Crippen LogP contribution in [0.1, 0.15) is 5.56 Å². The number of fused-ring (bicyclic) bond motifs is 1. The van der Waals surface area contributed by atoms with E-state index in [4.69, 9.17) is 11.6 Å². The Kier molecular flexibility index (Phi) is 3.12. The highest BCUT2D eigenvalue weighted by atomic mass is 35.5. The molecule has 0 aliphatic heterocycles. The molecule has 0 radical (unpaired) electrons. The zero-order valence-electron chi connectivity index (χ0n) is 10.1. The van der Waals surface area contributed by atoms with Gasteiger partial charge in [0.1, 0.15) is 5.82 Å². The predicted molar refractivity (Wildman–Crippen MR) is 79.0 cm³/mol. The largest absolute Gasteiger partial charge is 0.329 e. The number of aromatic nitrogens is 1. The number of nitrogens with zero attached hydrogens (tertiary/aromatic N) is 1. The summed E-state index contributed by atoms with van der Waals surface area (Å²) >= 11 is 7.21. The lowest BCUT2D eigenvalue weighted by atomic mass is 10.2. The van der Waals surface area contributed by atoms with Crippen molar-refractivity contribution >= 4 is 44.0 Å².